The summed E-state index contributed by atoms with van der Waals surface area (Å²) in [4.78, 5) is 6.80. The van der Waals surface area contributed by atoms with E-state index in [4.69, 9.17) is 5.26 Å². The Bertz CT molecular complexity index is 1270. The molecule has 32 heavy (non-hydrogen) atoms. The highest BCUT2D eigenvalue weighted by molar-refractivity contribution is 5.89. The summed E-state index contributed by atoms with van der Waals surface area (Å²) in [5.74, 6) is 1.03. The molecule has 1 fully saturated rings. The van der Waals surface area contributed by atoms with Crippen LogP contribution >= 0.6 is 0 Å². The van der Waals surface area contributed by atoms with E-state index < -0.39 is 0 Å². The van der Waals surface area contributed by atoms with Gasteiger partial charge in [-0.15, -0.1) is 0 Å². The van der Waals surface area contributed by atoms with Crippen LogP contribution in [0.3, 0.4) is 0 Å². The van der Waals surface area contributed by atoms with Gasteiger partial charge in [0.2, 0.25) is 0 Å². The van der Waals surface area contributed by atoms with E-state index in [9.17, 15) is 4.39 Å². The van der Waals surface area contributed by atoms with Gasteiger partial charge in [-0.1, -0.05) is 0 Å². The van der Waals surface area contributed by atoms with Gasteiger partial charge in [-0.25, -0.2) is 14.1 Å². The molecule has 0 aliphatic carbocycles. The number of aryl methyl sites for hydroxylation is 1. The number of aromatic nitrogens is 4. The Morgan fingerprint density at radius 2 is 1.91 bits per heavy atom. The summed E-state index contributed by atoms with van der Waals surface area (Å²) in [6.07, 6.45) is 6.48. The molecule has 3 heterocycles. The Morgan fingerprint density at radius 3 is 2.59 bits per heavy atom. The zero-order valence-corrected chi connectivity index (χ0v) is 18.1. The van der Waals surface area contributed by atoms with Gasteiger partial charge in [-0.2, -0.15) is 10.4 Å². The standard InChI is InChI=1S/C25H25FN6/c1-30-25(28-17-29-30)19-3-8-24-22(15-19)23(16-32(24)21-6-4-20(26)5-7-21)18-9-13-31(14-10-18)12-2-11-27/h3-8,15-18H,2,9-10,12-14H2,1H3. The van der Waals surface area contributed by atoms with Crippen LogP contribution in [0.2, 0.25) is 0 Å². The van der Waals surface area contributed by atoms with Gasteiger partial charge in [0.25, 0.3) is 0 Å². The first kappa shape index (κ1) is 20.4. The van der Waals surface area contributed by atoms with Gasteiger partial charge in [0.05, 0.1) is 11.6 Å². The van der Waals surface area contributed by atoms with Crippen molar-refractivity contribution in [2.24, 2.45) is 7.05 Å². The molecule has 0 bridgehead atoms. The summed E-state index contributed by atoms with van der Waals surface area (Å²) < 4.78 is 17.5. The second kappa shape index (κ2) is 8.56. The fraction of sp³-hybridized carbons (Fsp3) is 0.320. The number of hydrogen-bond donors (Lipinski definition) is 0. The van der Waals surface area contributed by atoms with E-state index in [0.717, 1.165) is 55.1 Å². The lowest BCUT2D eigenvalue weighted by Gasteiger charge is -2.31. The number of piperidine rings is 1. The summed E-state index contributed by atoms with van der Waals surface area (Å²) in [6, 6.07) is 15.3. The number of halogens is 1. The molecule has 2 aromatic carbocycles. The number of fused-ring (bicyclic) bond motifs is 1. The molecule has 5 rings (SSSR count). The molecule has 2 aromatic heterocycles. The second-order valence-electron chi connectivity index (χ2n) is 8.39. The zero-order valence-electron chi connectivity index (χ0n) is 18.1. The highest BCUT2D eigenvalue weighted by atomic mass is 19.1. The Hall–Kier alpha value is -3.50. The highest BCUT2D eigenvalue weighted by Crippen LogP contribution is 2.37. The Kier molecular flexibility index (Phi) is 5.46. The number of nitrogens with zero attached hydrogens (tertiary/aromatic N) is 6. The van der Waals surface area contributed by atoms with Crippen molar-refractivity contribution in [3.05, 3.63) is 66.4 Å². The SMILES string of the molecule is Cn1ncnc1-c1ccc2c(c1)c(C1CCN(CCC#N)CC1)cn2-c1ccc(F)cc1. The molecule has 162 valence electrons. The number of likely N-dealkylation sites (tertiary alicyclic amines) is 1. The highest BCUT2D eigenvalue weighted by Gasteiger charge is 2.24. The minimum absolute atomic E-state index is 0.236. The van der Waals surface area contributed by atoms with Crippen molar-refractivity contribution in [3.63, 3.8) is 0 Å². The van der Waals surface area contributed by atoms with E-state index in [1.54, 1.807) is 11.0 Å². The Balaban J connectivity index is 1.57. The average Bonchev–Trinajstić information content (AvgIpc) is 3.42. The summed E-state index contributed by atoms with van der Waals surface area (Å²) in [6.45, 7) is 2.84. The van der Waals surface area contributed by atoms with Gasteiger partial charge >= 0.3 is 0 Å². The smallest absolute Gasteiger partial charge is 0.157 e. The van der Waals surface area contributed by atoms with Gasteiger partial charge in [0.1, 0.15) is 12.1 Å². The van der Waals surface area contributed by atoms with Crippen molar-refractivity contribution in [1.82, 2.24) is 24.2 Å². The van der Waals surface area contributed by atoms with E-state index in [1.807, 2.05) is 19.2 Å². The van der Waals surface area contributed by atoms with E-state index in [-0.39, 0.29) is 5.82 Å². The number of rotatable bonds is 5. The molecule has 1 aliphatic heterocycles. The van der Waals surface area contributed by atoms with Gasteiger partial charge in [0.15, 0.2) is 5.82 Å². The van der Waals surface area contributed by atoms with Crippen LogP contribution in [0.4, 0.5) is 4.39 Å². The number of benzene rings is 2. The zero-order chi connectivity index (χ0) is 22.1. The summed E-state index contributed by atoms with van der Waals surface area (Å²) >= 11 is 0. The van der Waals surface area contributed by atoms with Crippen LogP contribution < -0.4 is 0 Å². The third-order valence-corrected chi connectivity index (χ3v) is 6.48. The van der Waals surface area contributed by atoms with Gasteiger partial charge in [0, 0.05) is 42.8 Å². The predicted molar refractivity (Wildman–Crippen MR) is 122 cm³/mol. The van der Waals surface area contributed by atoms with Crippen LogP contribution in [-0.2, 0) is 7.05 Å². The van der Waals surface area contributed by atoms with Crippen molar-refractivity contribution in [2.75, 3.05) is 19.6 Å². The van der Waals surface area contributed by atoms with Crippen LogP contribution in [-0.4, -0.2) is 43.9 Å². The summed E-state index contributed by atoms with van der Waals surface area (Å²) in [5.41, 5.74) is 4.39. The third-order valence-electron chi connectivity index (χ3n) is 6.48. The minimum atomic E-state index is -0.236. The molecule has 4 aromatic rings. The van der Waals surface area contributed by atoms with Crippen LogP contribution in [0, 0.1) is 17.1 Å². The maximum atomic E-state index is 13.5. The maximum Gasteiger partial charge on any atom is 0.157 e. The molecule has 0 saturated carbocycles. The molecule has 0 spiro atoms. The molecule has 1 saturated heterocycles. The lowest BCUT2D eigenvalue weighted by Crippen LogP contribution is -2.33. The van der Waals surface area contributed by atoms with Crippen LogP contribution in [0.1, 0.15) is 30.7 Å². The summed E-state index contributed by atoms with van der Waals surface area (Å²) in [5, 5.41) is 14.3. The van der Waals surface area contributed by atoms with E-state index >= 15 is 0 Å². The molecule has 0 N–H and O–H groups in total. The van der Waals surface area contributed by atoms with Crippen molar-refractivity contribution >= 4 is 10.9 Å². The fourth-order valence-corrected chi connectivity index (χ4v) is 4.77. The van der Waals surface area contributed by atoms with Crippen LogP contribution in [0.5, 0.6) is 0 Å². The lowest BCUT2D eigenvalue weighted by atomic mass is 9.89. The molecule has 7 heteroatoms. The fourth-order valence-electron chi connectivity index (χ4n) is 4.77. The molecule has 1 aliphatic rings. The topological polar surface area (TPSA) is 62.7 Å². The van der Waals surface area contributed by atoms with Crippen molar-refractivity contribution in [3.8, 4) is 23.1 Å². The van der Waals surface area contributed by atoms with Crippen LogP contribution in [0.15, 0.2) is 55.0 Å². The first-order valence-corrected chi connectivity index (χ1v) is 11.0. The minimum Gasteiger partial charge on any atom is -0.316 e. The van der Waals surface area contributed by atoms with Gasteiger partial charge in [-0.05, 0) is 79.9 Å². The van der Waals surface area contributed by atoms with Gasteiger partial charge < -0.3 is 9.47 Å². The lowest BCUT2D eigenvalue weighted by molar-refractivity contribution is 0.217. The predicted octanol–water partition coefficient (Wildman–Crippen LogP) is 4.66. The molecule has 6 nitrogen and oxygen atoms in total. The molecular formula is C25H25FN6. The average molecular weight is 429 g/mol. The van der Waals surface area contributed by atoms with Crippen molar-refractivity contribution in [1.29, 1.82) is 5.26 Å². The van der Waals surface area contributed by atoms with Crippen LogP contribution in [0.25, 0.3) is 28.0 Å². The summed E-state index contributed by atoms with van der Waals surface area (Å²) in [7, 11) is 1.90. The third kappa shape index (κ3) is 3.78. The van der Waals surface area contributed by atoms with Gasteiger partial charge in [-0.3, -0.25) is 0 Å². The largest absolute Gasteiger partial charge is 0.316 e. The van der Waals surface area contributed by atoms with Crippen molar-refractivity contribution < 1.29 is 4.39 Å². The molecule has 0 radical (unpaired) electrons. The number of nitriles is 1. The molecule has 0 atom stereocenters. The van der Waals surface area contributed by atoms with Crippen molar-refractivity contribution in [2.45, 2.75) is 25.2 Å². The molecular weight excluding hydrogens is 403 g/mol. The first-order valence-electron chi connectivity index (χ1n) is 11.0. The number of hydrogen-bond acceptors (Lipinski definition) is 4. The van der Waals surface area contributed by atoms with E-state index in [2.05, 4.69) is 50.0 Å². The van der Waals surface area contributed by atoms with E-state index in [1.165, 1.54) is 23.1 Å². The van der Waals surface area contributed by atoms with E-state index in [0.29, 0.717) is 12.3 Å². The second-order valence-corrected chi connectivity index (χ2v) is 8.39. The quantitative estimate of drug-likeness (QED) is 0.464. The Labute approximate surface area is 186 Å². The Morgan fingerprint density at radius 1 is 1.12 bits per heavy atom. The molecule has 0 amide bonds. The molecule has 0 unspecified atom stereocenters. The monoisotopic (exact) mass is 428 g/mol. The maximum absolute atomic E-state index is 13.5. The first-order chi connectivity index (χ1) is 15.6. The normalized spacial score (nSPS) is 15.3.